The van der Waals surface area contributed by atoms with Crippen molar-refractivity contribution in [1.29, 1.82) is 0 Å². The van der Waals surface area contributed by atoms with Crippen LogP contribution >= 0.6 is 0 Å². The van der Waals surface area contributed by atoms with Crippen LogP contribution in [0.2, 0.25) is 0 Å². The molecule has 8 heteroatoms. The number of hydrogen-bond acceptors (Lipinski definition) is 4. The lowest BCUT2D eigenvalue weighted by Crippen LogP contribution is -2.34. The fraction of sp³-hybridized carbons (Fsp3) is 0.333. The number of hydrogen-bond donors (Lipinski definition) is 2. The smallest absolute Gasteiger partial charge is 0.335 e. The number of rotatable bonds is 5. The summed E-state index contributed by atoms with van der Waals surface area (Å²) >= 11 is 0. The molecule has 0 aromatic heterocycles. The molecular weight excluding hydrogens is 266 g/mol. The van der Waals surface area contributed by atoms with Gasteiger partial charge in [-0.1, -0.05) is 0 Å². The van der Waals surface area contributed by atoms with E-state index < -0.39 is 22.6 Å². The third-order valence-corrected chi connectivity index (χ3v) is 2.73. The van der Waals surface area contributed by atoms with Crippen LogP contribution in [0.5, 0.6) is 0 Å². The van der Waals surface area contributed by atoms with E-state index in [0.717, 1.165) is 6.07 Å². The lowest BCUT2D eigenvalue weighted by atomic mass is 10.1. The van der Waals surface area contributed by atoms with Gasteiger partial charge in [0.25, 0.3) is 5.69 Å². The summed E-state index contributed by atoms with van der Waals surface area (Å²) in [5, 5.41) is 22.2. The van der Waals surface area contributed by atoms with Crippen LogP contribution in [-0.4, -0.2) is 40.0 Å². The van der Waals surface area contributed by atoms with E-state index in [4.69, 9.17) is 5.11 Å². The lowest BCUT2D eigenvalue weighted by molar-refractivity contribution is -0.383. The number of nitro groups is 1. The van der Waals surface area contributed by atoms with E-state index in [1.165, 1.54) is 17.0 Å². The molecule has 8 nitrogen and oxygen atoms in total. The van der Waals surface area contributed by atoms with Gasteiger partial charge in [-0.15, -0.1) is 0 Å². The minimum Gasteiger partial charge on any atom is -0.478 e. The predicted octanol–water partition coefficient (Wildman–Crippen LogP) is 2.17. The van der Waals surface area contributed by atoms with Gasteiger partial charge in [0.2, 0.25) is 0 Å². The first-order valence-electron chi connectivity index (χ1n) is 5.98. The van der Waals surface area contributed by atoms with Crippen molar-refractivity contribution in [2.24, 2.45) is 0 Å². The number of aromatic carboxylic acids is 1. The lowest BCUT2D eigenvalue weighted by Gasteiger charge is -2.19. The average Bonchev–Trinajstić information content (AvgIpc) is 2.39. The van der Waals surface area contributed by atoms with E-state index in [1.807, 2.05) is 0 Å². The molecular formula is C12H15N3O5. The number of carboxylic acid groups (broad SMARTS) is 1. The molecule has 0 aliphatic heterocycles. The number of benzene rings is 1. The molecule has 0 bridgehead atoms. The van der Waals surface area contributed by atoms with Crippen molar-refractivity contribution in [3.05, 3.63) is 33.9 Å². The molecule has 20 heavy (non-hydrogen) atoms. The van der Waals surface area contributed by atoms with E-state index in [1.54, 1.807) is 13.8 Å². The van der Waals surface area contributed by atoms with Gasteiger partial charge in [0.05, 0.1) is 10.5 Å². The first-order valence-corrected chi connectivity index (χ1v) is 5.98. The number of urea groups is 1. The van der Waals surface area contributed by atoms with Gasteiger partial charge in [-0.25, -0.2) is 9.59 Å². The normalized spacial score (nSPS) is 9.90. The minimum atomic E-state index is -1.27. The largest absolute Gasteiger partial charge is 0.478 e. The molecule has 0 fully saturated rings. The second-order valence-electron chi connectivity index (χ2n) is 3.90. The van der Waals surface area contributed by atoms with Crippen LogP contribution in [0.25, 0.3) is 0 Å². The Labute approximate surface area is 115 Å². The van der Waals surface area contributed by atoms with Gasteiger partial charge < -0.3 is 15.3 Å². The van der Waals surface area contributed by atoms with E-state index in [2.05, 4.69) is 5.32 Å². The number of carboxylic acids is 1. The Kier molecular flexibility index (Phi) is 5.01. The fourth-order valence-electron chi connectivity index (χ4n) is 1.63. The molecule has 0 aliphatic rings. The molecule has 0 spiro atoms. The highest BCUT2D eigenvalue weighted by Gasteiger charge is 2.20. The molecule has 0 atom stereocenters. The Morgan fingerprint density at radius 3 is 2.40 bits per heavy atom. The van der Waals surface area contributed by atoms with E-state index >= 15 is 0 Å². The summed E-state index contributed by atoms with van der Waals surface area (Å²) in [5.41, 5.74) is -0.695. The SMILES string of the molecule is CCN(CC)C(=O)Nc1ccc(C(=O)O)cc1[N+](=O)[O-]. The maximum Gasteiger partial charge on any atom is 0.335 e. The summed E-state index contributed by atoms with van der Waals surface area (Å²) in [4.78, 5) is 34.3. The molecule has 0 saturated carbocycles. The van der Waals surface area contributed by atoms with Gasteiger partial charge >= 0.3 is 12.0 Å². The van der Waals surface area contributed by atoms with Crippen molar-refractivity contribution >= 4 is 23.4 Å². The van der Waals surface area contributed by atoms with Crippen molar-refractivity contribution in [3.63, 3.8) is 0 Å². The first-order chi connectivity index (χ1) is 9.40. The molecule has 0 aliphatic carbocycles. The van der Waals surface area contributed by atoms with Crippen LogP contribution in [0.1, 0.15) is 24.2 Å². The zero-order valence-corrected chi connectivity index (χ0v) is 11.1. The van der Waals surface area contributed by atoms with Crippen molar-refractivity contribution in [2.45, 2.75) is 13.8 Å². The van der Waals surface area contributed by atoms with E-state index in [0.29, 0.717) is 13.1 Å². The van der Waals surface area contributed by atoms with Crippen LogP contribution in [0.4, 0.5) is 16.2 Å². The van der Waals surface area contributed by atoms with Crippen LogP contribution in [0.3, 0.4) is 0 Å². The van der Waals surface area contributed by atoms with E-state index in [-0.39, 0.29) is 11.3 Å². The van der Waals surface area contributed by atoms with E-state index in [9.17, 15) is 19.7 Å². The molecule has 0 heterocycles. The number of nitro benzene ring substituents is 1. The number of nitrogens with one attached hydrogen (secondary N) is 1. The van der Waals surface area contributed by atoms with Gasteiger partial charge in [-0.05, 0) is 26.0 Å². The van der Waals surface area contributed by atoms with Crippen LogP contribution in [-0.2, 0) is 0 Å². The highest BCUT2D eigenvalue weighted by atomic mass is 16.6. The van der Waals surface area contributed by atoms with Gasteiger partial charge in [0.1, 0.15) is 5.69 Å². The predicted molar refractivity (Wildman–Crippen MR) is 72.0 cm³/mol. The third-order valence-electron chi connectivity index (χ3n) is 2.73. The quantitative estimate of drug-likeness (QED) is 0.634. The molecule has 1 rings (SSSR count). The topological polar surface area (TPSA) is 113 Å². The second kappa shape index (κ2) is 6.50. The Morgan fingerprint density at radius 1 is 1.35 bits per heavy atom. The molecule has 0 radical (unpaired) electrons. The highest BCUT2D eigenvalue weighted by molar-refractivity contribution is 5.94. The zero-order chi connectivity index (χ0) is 15.3. The van der Waals surface area contributed by atoms with Crippen molar-refractivity contribution in [3.8, 4) is 0 Å². The number of nitrogens with zero attached hydrogens (tertiary/aromatic N) is 2. The van der Waals surface area contributed by atoms with Gasteiger partial charge in [0, 0.05) is 19.2 Å². The number of carbonyl (C=O) groups excluding carboxylic acids is 1. The Hall–Kier alpha value is -2.64. The molecule has 0 unspecified atom stereocenters. The standard InChI is InChI=1S/C12H15N3O5/c1-3-14(4-2)12(18)13-9-6-5-8(11(16)17)7-10(9)15(19)20/h5-7H,3-4H2,1-2H3,(H,13,18)(H,16,17). The van der Waals surface area contributed by atoms with Gasteiger partial charge in [0.15, 0.2) is 0 Å². The molecule has 0 saturated heterocycles. The van der Waals surface area contributed by atoms with Gasteiger partial charge in [-0.2, -0.15) is 0 Å². The molecule has 1 aromatic carbocycles. The van der Waals surface area contributed by atoms with Crippen LogP contribution in [0.15, 0.2) is 18.2 Å². The third kappa shape index (κ3) is 3.44. The monoisotopic (exact) mass is 281 g/mol. The maximum absolute atomic E-state index is 11.8. The Morgan fingerprint density at radius 2 is 1.95 bits per heavy atom. The summed E-state index contributed by atoms with van der Waals surface area (Å²) in [6.45, 7) is 4.49. The van der Waals surface area contributed by atoms with Gasteiger partial charge in [-0.3, -0.25) is 10.1 Å². The second-order valence-corrected chi connectivity index (χ2v) is 3.90. The maximum atomic E-state index is 11.8. The zero-order valence-electron chi connectivity index (χ0n) is 11.1. The molecule has 2 amide bonds. The van der Waals surface area contributed by atoms with Crippen molar-refractivity contribution in [2.75, 3.05) is 18.4 Å². The van der Waals surface area contributed by atoms with Crippen LogP contribution < -0.4 is 5.32 Å². The molecule has 1 aromatic rings. The molecule has 2 N–H and O–H groups in total. The fourth-order valence-corrected chi connectivity index (χ4v) is 1.63. The highest BCUT2D eigenvalue weighted by Crippen LogP contribution is 2.25. The summed E-state index contributed by atoms with van der Waals surface area (Å²) in [6.07, 6.45) is 0. The van der Waals surface area contributed by atoms with Crippen molar-refractivity contribution in [1.82, 2.24) is 4.90 Å². The first kappa shape index (κ1) is 15.4. The number of carbonyl (C=O) groups is 2. The van der Waals surface area contributed by atoms with Crippen molar-refractivity contribution < 1.29 is 19.6 Å². The minimum absolute atomic E-state index is 0.0306. The molecule has 108 valence electrons. The Bertz CT molecular complexity index is 540. The van der Waals surface area contributed by atoms with Crippen LogP contribution in [0, 0.1) is 10.1 Å². The summed E-state index contributed by atoms with van der Waals surface area (Å²) in [7, 11) is 0. The summed E-state index contributed by atoms with van der Waals surface area (Å²) in [6, 6.07) is 2.86. The average molecular weight is 281 g/mol. The summed E-state index contributed by atoms with van der Waals surface area (Å²) < 4.78 is 0. The number of anilines is 1. The summed E-state index contributed by atoms with van der Waals surface area (Å²) in [5.74, 6) is -1.27. The number of amides is 2. The Balaban J connectivity index is 3.09.